The summed E-state index contributed by atoms with van der Waals surface area (Å²) in [4.78, 5) is 16.8. The molecule has 0 aliphatic heterocycles. The molecular weight excluding hydrogens is 246 g/mol. The number of pyridine rings is 1. The second-order valence-electron chi connectivity index (χ2n) is 3.69. The van der Waals surface area contributed by atoms with Crippen LogP contribution >= 0.6 is 11.8 Å². The van der Waals surface area contributed by atoms with E-state index in [4.69, 9.17) is 4.74 Å². The van der Waals surface area contributed by atoms with Crippen LogP contribution in [0.25, 0.3) is 0 Å². The Morgan fingerprint density at radius 1 is 1.22 bits per heavy atom. The zero-order valence-electron chi connectivity index (χ0n) is 10.2. The molecule has 3 nitrogen and oxygen atoms in total. The van der Waals surface area contributed by atoms with Crippen molar-refractivity contribution in [2.75, 3.05) is 7.11 Å². The molecule has 0 aliphatic rings. The number of methoxy groups -OCH3 is 1. The molecule has 4 heteroatoms. The molecule has 0 aliphatic carbocycles. The molecule has 0 radical (unpaired) electrons. The van der Waals surface area contributed by atoms with Gasteiger partial charge in [0.2, 0.25) is 0 Å². The second kappa shape index (κ2) is 5.69. The summed E-state index contributed by atoms with van der Waals surface area (Å²) in [5, 5.41) is 0.732. The standard InChI is InChI=1S/C14H13NO2S/c1-10(16)13-4-3-9-15-14(13)18-12-7-5-11(17-2)6-8-12/h3-9H,1-2H3. The highest BCUT2D eigenvalue weighted by atomic mass is 32.2. The van der Waals surface area contributed by atoms with E-state index in [1.807, 2.05) is 24.3 Å². The van der Waals surface area contributed by atoms with Gasteiger partial charge in [-0.15, -0.1) is 0 Å². The zero-order chi connectivity index (χ0) is 13.0. The summed E-state index contributed by atoms with van der Waals surface area (Å²) in [5.74, 6) is 0.839. The Bertz CT molecular complexity index is 552. The lowest BCUT2D eigenvalue weighted by molar-refractivity contribution is 0.101. The van der Waals surface area contributed by atoms with Crippen molar-refractivity contribution in [1.29, 1.82) is 0 Å². The summed E-state index contributed by atoms with van der Waals surface area (Å²) in [5.41, 5.74) is 0.651. The molecule has 2 rings (SSSR count). The van der Waals surface area contributed by atoms with Crippen molar-refractivity contribution in [3.8, 4) is 5.75 Å². The minimum Gasteiger partial charge on any atom is -0.497 e. The Kier molecular flexibility index (Phi) is 3.99. The predicted molar refractivity (Wildman–Crippen MR) is 71.4 cm³/mol. The van der Waals surface area contributed by atoms with Gasteiger partial charge < -0.3 is 4.74 Å². The van der Waals surface area contributed by atoms with Crippen LogP contribution in [-0.2, 0) is 0 Å². The summed E-state index contributed by atoms with van der Waals surface area (Å²) < 4.78 is 5.10. The van der Waals surface area contributed by atoms with Gasteiger partial charge in [0.15, 0.2) is 5.78 Å². The van der Waals surface area contributed by atoms with E-state index in [-0.39, 0.29) is 5.78 Å². The first-order valence-electron chi connectivity index (χ1n) is 5.48. The molecule has 0 saturated heterocycles. The molecule has 0 unspecified atom stereocenters. The van der Waals surface area contributed by atoms with E-state index in [0.29, 0.717) is 5.56 Å². The van der Waals surface area contributed by atoms with Crippen molar-refractivity contribution >= 4 is 17.5 Å². The summed E-state index contributed by atoms with van der Waals surface area (Å²) in [6, 6.07) is 11.2. The third-order valence-corrected chi connectivity index (χ3v) is 3.45. The lowest BCUT2D eigenvalue weighted by Crippen LogP contribution is -1.96. The summed E-state index contributed by atoms with van der Waals surface area (Å²) in [7, 11) is 1.63. The highest BCUT2D eigenvalue weighted by molar-refractivity contribution is 7.99. The number of nitrogens with zero attached hydrogens (tertiary/aromatic N) is 1. The van der Waals surface area contributed by atoms with Gasteiger partial charge in [-0.3, -0.25) is 4.79 Å². The molecule has 18 heavy (non-hydrogen) atoms. The lowest BCUT2D eigenvalue weighted by Gasteiger charge is -2.05. The molecule has 92 valence electrons. The maximum atomic E-state index is 11.5. The van der Waals surface area contributed by atoms with Crippen LogP contribution in [0.4, 0.5) is 0 Å². The van der Waals surface area contributed by atoms with Gasteiger partial charge in [0, 0.05) is 16.7 Å². The molecule has 1 heterocycles. The normalized spacial score (nSPS) is 10.1. The van der Waals surface area contributed by atoms with Crippen molar-refractivity contribution in [2.24, 2.45) is 0 Å². The van der Waals surface area contributed by atoms with Gasteiger partial charge in [0.1, 0.15) is 10.8 Å². The highest BCUT2D eigenvalue weighted by Crippen LogP contribution is 2.29. The number of carbonyl (C=O) groups is 1. The summed E-state index contributed by atoms with van der Waals surface area (Å²) >= 11 is 1.47. The minimum atomic E-state index is 0.0270. The fourth-order valence-corrected chi connectivity index (χ4v) is 2.43. The molecule has 0 atom stereocenters. The first-order valence-corrected chi connectivity index (χ1v) is 6.30. The number of benzene rings is 1. The van der Waals surface area contributed by atoms with Crippen molar-refractivity contribution < 1.29 is 9.53 Å². The van der Waals surface area contributed by atoms with Crippen LogP contribution < -0.4 is 4.74 Å². The Balaban J connectivity index is 2.25. The number of Topliss-reactive ketones (excluding diaryl/α,β-unsaturated/α-hetero) is 1. The van der Waals surface area contributed by atoms with Crippen LogP contribution in [0.5, 0.6) is 5.75 Å². The quantitative estimate of drug-likeness (QED) is 0.788. The maximum Gasteiger partial charge on any atom is 0.162 e. The van der Waals surface area contributed by atoms with Crippen LogP contribution in [0.3, 0.4) is 0 Å². The fraction of sp³-hybridized carbons (Fsp3) is 0.143. The van der Waals surface area contributed by atoms with Gasteiger partial charge in [0.05, 0.1) is 7.11 Å². The number of hydrogen-bond donors (Lipinski definition) is 0. The van der Waals surface area contributed by atoms with Crippen LogP contribution in [-0.4, -0.2) is 17.9 Å². The van der Waals surface area contributed by atoms with Crippen LogP contribution in [0.2, 0.25) is 0 Å². The van der Waals surface area contributed by atoms with E-state index in [1.54, 1.807) is 32.4 Å². The number of rotatable bonds is 4. The summed E-state index contributed by atoms with van der Waals surface area (Å²) in [6.45, 7) is 1.55. The number of aromatic nitrogens is 1. The lowest BCUT2D eigenvalue weighted by atomic mass is 10.2. The van der Waals surface area contributed by atoms with Crippen LogP contribution in [0.1, 0.15) is 17.3 Å². The van der Waals surface area contributed by atoms with Crippen molar-refractivity contribution in [1.82, 2.24) is 4.98 Å². The van der Waals surface area contributed by atoms with Crippen molar-refractivity contribution in [3.05, 3.63) is 48.2 Å². The average molecular weight is 259 g/mol. The molecule has 0 spiro atoms. The van der Waals surface area contributed by atoms with E-state index < -0.39 is 0 Å². The number of ether oxygens (including phenoxy) is 1. The largest absolute Gasteiger partial charge is 0.497 e. The zero-order valence-corrected chi connectivity index (χ0v) is 11.0. The van der Waals surface area contributed by atoms with Gasteiger partial charge in [-0.05, 0) is 43.3 Å². The topological polar surface area (TPSA) is 39.2 Å². The van der Waals surface area contributed by atoms with Crippen LogP contribution in [0, 0.1) is 0 Å². The molecule has 0 amide bonds. The first-order chi connectivity index (χ1) is 8.70. The second-order valence-corrected chi connectivity index (χ2v) is 4.75. The maximum absolute atomic E-state index is 11.5. The van der Waals surface area contributed by atoms with E-state index in [1.165, 1.54) is 11.8 Å². The van der Waals surface area contributed by atoms with Gasteiger partial charge in [-0.25, -0.2) is 4.98 Å². The van der Waals surface area contributed by atoms with Gasteiger partial charge in [-0.1, -0.05) is 11.8 Å². The third-order valence-electron chi connectivity index (χ3n) is 2.42. The molecular formula is C14H13NO2S. The van der Waals surface area contributed by atoms with E-state index in [9.17, 15) is 4.79 Å². The van der Waals surface area contributed by atoms with Gasteiger partial charge in [0.25, 0.3) is 0 Å². The number of carbonyl (C=O) groups excluding carboxylic acids is 1. The SMILES string of the molecule is COc1ccc(Sc2ncccc2C(C)=O)cc1. The number of hydrogen-bond acceptors (Lipinski definition) is 4. The first kappa shape index (κ1) is 12.6. The monoisotopic (exact) mass is 259 g/mol. The Morgan fingerprint density at radius 2 is 1.94 bits per heavy atom. The summed E-state index contributed by atoms with van der Waals surface area (Å²) in [6.07, 6.45) is 1.69. The van der Waals surface area contributed by atoms with E-state index >= 15 is 0 Å². The molecule has 0 fully saturated rings. The van der Waals surface area contributed by atoms with Gasteiger partial charge >= 0.3 is 0 Å². The Morgan fingerprint density at radius 3 is 2.56 bits per heavy atom. The molecule has 2 aromatic rings. The Labute approximate surface area is 110 Å². The predicted octanol–water partition coefficient (Wildman–Crippen LogP) is 3.44. The van der Waals surface area contributed by atoms with Gasteiger partial charge in [-0.2, -0.15) is 0 Å². The van der Waals surface area contributed by atoms with Crippen molar-refractivity contribution in [2.45, 2.75) is 16.8 Å². The molecule has 1 aromatic carbocycles. The fourth-order valence-electron chi connectivity index (χ4n) is 1.50. The average Bonchev–Trinajstić information content (AvgIpc) is 2.40. The van der Waals surface area contributed by atoms with E-state index in [0.717, 1.165) is 15.7 Å². The smallest absolute Gasteiger partial charge is 0.162 e. The molecule has 0 bridgehead atoms. The molecule has 1 aromatic heterocycles. The number of ketones is 1. The molecule has 0 saturated carbocycles. The van der Waals surface area contributed by atoms with Crippen LogP contribution in [0.15, 0.2) is 52.5 Å². The van der Waals surface area contributed by atoms with Crippen molar-refractivity contribution in [3.63, 3.8) is 0 Å². The molecule has 0 N–H and O–H groups in total. The minimum absolute atomic E-state index is 0.0270. The van der Waals surface area contributed by atoms with E-state index in [2.05, 4.69) is 4.98 Å². The Hall–Kier alpha value is -1.81. The third kappa shape index (κ3) is 2.90. The highest BCUT2D eigenvalue weighted by Gasteiger charge is 2.09.